The Morgan fingerprint density at radius 2 is 1.78 bits per heavy atom. The molecule has 1 N–H and O–H groups in total. The first-order valence-electron chi connectivity index (χ1n) is 9.00. The second-order valence-corrected chi connectivity index (χ2v) is 7.52. The number of amides is 1. The number of carbonyl (C=O) groups excluding carboxylic acids is 1. The molecule has 2 heterocycles. The number of rotatable bonds is 5. The maximum absolute atomic E-state index is 12.4. The minimum Gasteiger partial charge on any atom is -0.445 e. The SMILES string of the molecule is O=C(OCc1ccccc1)N1CCc2nc(NCc3ccccc3)sc2C1. The lowest BCUT2D eigenvalue weighted by Gasteiger charge is -2.25. The fourth-order valence-electron chi connectivity index (χ4n) is 3.01. The van der Waals surface area contributed by atoms with Crippen LogP contribution in [0.15, 0.2) is 60.7 Å². The fourth-order valence-corrected chi connectivity index (χ4v) is 4.03. The van der Waals surface area contributed by atoms with E-state index in [1.807, 2.05) is 48.5 Å². The topological polar surface area (TPSA) is 54.5 Å². The van der Waals surface area contributed by atoms with Crippen LogP contribution in [0, 0.1) is 0 Å². The summed E-state index contributed by atoms with van der Waals surface area (Å²) in [5, 5.41) is 4.29. The van der Waals surface area contributed by atoms with E-state index in [2.05, 4.69) is 22.4 Å². The molecule has 6 heteroatoms. The summed E-state index contributed by atoms with van der Waals surface area (Å²) in [5.74, 6) is 0. The molecule has 5 nitrogen and oxygen atoms in total. The van der Waals surface area contributed by atoms with E-state index in [9.17, 15) is 4.79 Å². The summed E-state index contributed by atoms with van der Waals surface area (Å²) in [4.78, 5) is 19.9. The lowest BCUT2D eigenvalue weighted by molar-refractivity contribution is 0.0921. The van der Waals surface area contributed by atoms with Gasteiger partial charge in [0.1, 0.15) is 6.61 Å². The van der Waals surface area contributed by atoms with Gasteiger partial charge in [-0.25, -0.2) is 9.78 Å². The third kappa shape index (κ3) is 4.46. The van der Waals surface area contributed by atoms with E-state index < -0.39 is 0 Å². The minimum absolute atomic E-state index is 0.267. The maximum Gasteiger partial charge on any atom is 0.410 e. The number of thiazole rings is 1. The molecular formula is C21H21N3O2S. The van der Waals surface area contributed by atoms with Gasteiger partial charge in [-0.05, 0) is 11.1 Å². The summed E-state index contributed by atoms with van der Waals surface area (Å²) in [6.45, 7) is 2.25. The Kier molecular flexibility index (Phi) is 5.34. The first-order valence-corrected chi connectivity index (χ1v) is 9.81. The lowest BCUT2D eigenvalue weighted by atomic mass is 10.2. The molecule has 0 saturated heterocycles. The average molecular weight is 379 g/mol. The van der Waals surface area contributed by atoms with E-state index in [1.54, 1.807) is 16.2 Å². The lowest BCUT2D eigenvalue weighted by Crippen LogP contribution is -2.35. The van der Waals surface area contributed by atoms with Crippen molar-refractivity contribution in [2.45, 2.75) is 26.1 Å². The monoisotopic (exact) mass is 379 g/mol. The molecule has 0 aliphatic carbocycles. The summed E-state index contributed by atoms with van der Waals surface area (Å²) in [5.41, 5.74) is 3.30. The van der Waals surface area contributed by atoms with E-state index in [-0.39, 0.29) is 6.09 Å². The first-order chi connectivity index (χ1) is 13.3. The molecule has 0 atom stereocenters. The molecule has 0 unspecified atom stereocenters. The summed E-state index contributed by atoms with van der Waals surface area (Å²) in [7, 11) is 0. The Labute approximate surface area is 162 Å². The second-order valence-electron chi connectivity index (χ2n) is 6.44. The smallest absolute Gasteiger partial charge is 0.410 e. The maximum atomic E-state index is 12.4. The number of carbonyl (C=O) groups is 1. The predicted molar refractivity (Wildman–Crippen MR) is 107 cm³/mol. The van der Waals surface area contributed by atoms with Crippen LogP contribution < -0.4 is 5.32 Å². The van der Waals surface area contributed by atoms with Gasteiger partial charge in [0.25, 0.3) is 0 Å². The van der Waals surface area contributed by atoms with Crippen molar-refractivity contribution in [2.24, 2.45) is 0 Å². The Balaban J connectivity index is 1.32. The molecule has 1 aliphatic rings. The largest absolute Gasteiger partial charge is 0.445 e. The molecule has 3 aromatic rings. The Morgan fingerprint density at radius 1 is 1.07 bits per heavy atom. The van der Waals surface area contributed by atoms with Crippen LogP contribution in [0.4, 0.5) is 9.93 Å². The Hall–Kier alpha value is -2.86. The van der Waals surface area contributed by atoms with Crippen LogP contribution in [0.3, 0.4) is 0 Å². The minimum atomic E-state index is -0.267. The standard InChI is InChI=1S/C21H21N3O2S/c25-21(26-15-17-9-5-2-6-10-17)24-12-11-18-19(14-24)27-20(23-18)22-13-16-7-3-1-4-8-16/h1-10H,11-15H2,(H,22,23). The van der Waals surface area contributed by atoms with Gasteiger partial charge in [-0.1, -0.05) is 72.0 Å². The summed E-state index contributed by atoms with van der Waals surface area (Å²) < 4.78 is 5.45. The number of fused-ring (bicyclic) bond motifs is 1. The Morgan fingerprint density at radius 3 is 2.52 bits per heavy atom. The summed E-state index contributed by atoms with van der Waals surface area (Å²) in [6, 6.07) is 20.0. The van der Waals surface area contributed by atoms with Gasteiger partial charge in [-0.2, -0.15) is 0 Å². The number of hydrogen-bond donors (Lipinski definition) is 1. The third-order valence-electron chi connectivity index (χ3n) is 4.48. The fraction of sp³-hybridized carbons (Fsp3) is 0.238. The van der Waals surface area contributed by atoms with Gasteiger partial charge < -0.3 is 15.0 Å². The van der Waals surface area contributed by atoms with Crippen LogP contribution >= 0.6 is 11.3 Å². The van der Waals surface area contributed by atoms with Crippen molar-refractivity contribution in [3.05, 3.63) is 82.4 Å². The predicted octanol–water partition coefficient (Wildman–Crippen LogP) is 4.45. The van der Waals surface area contributed by atoms with Crippen LogP contribution in [0.25, 0.3) is 0 Å². The number of aromatic nitrogens is 1. The highest BCUT2D eigenvalue weighted by Crippen LogP contribution is 2.29. The normalized spacial score (nSPS) is 13.1. The molecule has 0 saturated carbocycles. The van der Waals surface area contributed by atoms with Gasteiger partial charge in [-0.15, -0.1) is 0 Å². The van der Waals surface area contributed by atoms with E-state index in [0.717, 1.165) is 34.2 Å². The van der Waals surface area contributed by atoms with Gasteiger partial charge in [0, 0.05) is 24.4 Å². The van der Waals surface area contributed by atoms with Crippen molar-refractivity contribution in [2.75, 3.05) is 11.9 Å². The van der Waals surface area contributed by atoms with Crippen LogP contribution in [-0.4, -0.2) is 22.5 Å². The summed E-state index contributed by atoms with van der Waals surface area (Å²) in [6.07, 6.45) is 0.496. The van der Waals surface area contributed by atoms with Crippen molar-refractivity contribution < 1.29 is 9.53 Å². The highest BCUT2D eigenvalue weighted by atomic mass is 32.1. The van der Waals surface area contributed by atoms with Gasteiger partial charge in [0.2, 0.25) is 0 Å². The summed E-state index contributed by atoms with van der Waals surface area (Å²) >= 11 is 1.62. The number of nitrogens with one attached hydrogen (secondary N) is 1. The number of nitrogens with zero attached hydrogens (tertiary/aromatic N) is 2. The zero-order valence-electron chi connectivity index (χ0n) is 14.9. The highest BCUT2D eigenvalue weighted by Gasteiger charge is 2.25. The van der Waals surface area contributed by atoms with E-state index in [1.165, 1.54) is 5.56 Å². The quantitative estimate of drug-likeness (QED) is 0.712. The zero-order valence-corrected chi connectivity index (χ0v) is 15.7. The van der Waals surface area contributed by atoms with Crippen LogP contribution in [0.5, 0.6) is 0 Å². The molecule has 27 heavy (non-hydrogen) atoms. The van der Waals surface area contributed by atoms with Crippen molar-refractivity contribution in [3.63, 3.8) is 0 Å². The van der Waals surface area contributed by atoms with Crippen molar-refractivity contribution in [3.8, 4) is 0 Å². The van der Waals surface area contributed by atoms with E-state index in [0.29, 0.717) is 19.7 Å². The molecule has 1 aliphatic heterocycles. The number of benzene rings is 2. The zero-order chi connectivity index (χ0) is 18.5. The number of hydrogen-bond acceptors (Lipinski definition) is 5. The number of anilines is 1. The molecule has 0 bridgehead atoms. The molecule has 1 amide bonds. The van der Waals surface area contributed by atoms with Gasteiger partial charge in [0.05, 0.1) is 12.2 Å². The Bertz CT molecular complexity index is 896. The highest BCUT2D eigenvalue weighted by molar-refractivity contribution is 7.15. The first kappa shape index (κ1) is 17.5. The molecule has 0 radical (unpaired) electrons. The molecule has 0 spiro atoms. The molecule has 138 valence electrons. The van der Waals surface area contributed by atoms with E-state index >= 15 is 0 Å². The van der Waals surface area contributed by atoms with Gasteiger partial charge >= 0.3 is 6.09 Å². The van der Waals surface area contributed by atoms with Crippen molar-refractivity contribution in [1.82, 2.24) is 9.88 Å². The van der Waals surface area contributed by atoms with E-state index in [4.69, 9.17) is 4.74 Å². The van der Waals surface area contributed by atoms with Crippen LogP contribution in [0.1, 0.15) is 21.7 Å². The van der Waals surface area contributed by atoms with Crippen LogP contribution in [-0.2, 0) is 30.9 Å². The van der Waals surface area contributed by atoms with Gasteiger partial charge in [-0.3, -0.25) is 0 Å². The average Bonchev–Trinajstić information content (AvgIpc) is 3.14. The molecule has 4 rings (SSSR count). The van der Waals surface area contributed by atoms with Crippen molar-refractivity contribution >= 4 is 22.6 Å². The molecule has 0 fully saturated rings. The van der Waals surface area contributed by atoms with Crippen LogP contribution in [0.2, 0.25) is 0 Å². The van der Waals surface area contributed by atoms with Crippen molar-refractivity contribution in [1.29, 1.82) is 0 Å². The van der Waals surface area contributed by atoms with Gasteiger partial charge in [0.15, 0.2) is 5.13 Å². The molecule has 2 aromatic carbocycles. The molecule has 1 aromatic heterocycles. The molecular weight excluding hydrogens is 358 g/mol. The third-order valence-corrected chi connectivity index (χ3v) is 5.52. The number of ether oxygens (including phenoxy) is 1. The second kappa shape index (κ2) is 8.22.